The monoisotopic (exact) mass is 204 g/mol. The maximum absolute atomic E-state index is 5.91. The van der Waals surface area contributed by atoms with Gasteiger partial charge >= 0.3 is 0 Å². The predicted octanol–water partition coefficient (Wildman–Crippen LogP) is 2.67. The van der Waals surface area contributed by atoms with E-state index in [1.54, 1.807) is 12.1 Å². The number of hydrogen-bond acceptors (Lipinski definition) is 2. The van der Waals surface area contributed by atoms with Crippen LogP contribution in [0, 0.1) is 0 Å². The molecule has 0 aliphatic heterocycles. The van der Waals surface area contributed by atoms with Gasteiger partial charge < -0.3 is 5.32 Å². The van der Waals surface area contributed by atoms with Crippen molar-refractivity contribution in [3.8, 4) is 0 Å². The Bertz CT molecular complexity index is 276. The zero-order valence-electron chi connectivity index (χ0n) is 6.94. The molecule has 0 spiro atoms. The first-order valence-electron chi connectivity index (χ1n) is 3.64. The third kappa shape index (κ3) is 2.09. The lowest BCUT2D eigenvalue weighted by atomic mass is 10.2. The van der Waals surface area contributed by atoms with Gasteiger partial charge in [-0.05, 0) is 26.1 Å². The van der Waals surface area contributed by atoms with Gasteiger partial charge in [-0.1, -0.05) is 23.2 Å². The average Bonchev–Trinajstić information content (AvgIpc) is 2.08. The Hall–Kier alpha value is -0.310. The topological polar surface area (TPSA) is 24.9 Å². The molecule has 1 N–H and O–H groups in total. The molecule has 0 fully saturated rings. The Morgan fingerprint density at radius 3 is 2.67 bits per heavy atom. The van der Waals surface area contributed by atoms with Crippen LogP contribution >= 0.6 is 23.2 Å². The normalized spacial score (nSPS) is 13.0. The molecule has 4 heteroatoms. The molecule has 0 saturated carbocycles. The molecule has 0 aliphatic rings. The molecule has 12 heavy (non-hydrogen) atoms. The van der Waals surface area contributed by atoms with E-state index in [0.717, 1.165) is 5.69 Å². The highest BCUT2D eigenvalue weighted by atomic mass is 35.5. The molecule has 1 atom stereocenters. The van der Waals surface area contributed by atoms with Crippen molar-refractivity contribution in [2.24, 2.45) is 0 Å². The summed E-state index contributed by atoms with van der Waals surface area (Å²) in [6.45, 7) is 1.98. The molecule has 1 aromatic rings. The Morgan fingerprint density at radius 2 is 2.08 bits per heavy atom. The highest BCUT2D eigenvalue weighted by molar-refractivity contribution is 6.32. The third-order valence-corrected chi connectivity index (χ3v) is 2.21. The third-order valence-electron chi connectivity index (χ3n) is 1.68. The maximum atomic E-state index is 5.91. The van der Waals surface area contributed by atoms with E-state index in [0.29, 0.717) is 10.2 Å². The Labute approximate surface area is 81.9 Å². The fourth-order valence-electron chi connectivity index (χ4n) is 0.873. The summed E-state index contributed by atoms with van der Waals surface area (Å²) in [6.07, 6.45) is 0. The molecule has 0 aromatic carbocycles. The van der Waals surface area contributed by atoms with Gasteiger partial charge in [0.15, 0.2) is 0 Å². The van der Waals surface area contributed by atoms with Crippen LogP contribution < -0.4 is 5.32 Å². The second kappa shape index (κ2) is 4.08. The average molecular weight is 205 g/mol. The number of hydrogen-bond donors (Lipinski definition) is 1. The van der Waals surface area contributed by atoms with Crippen LogP contribution in [0.15, 0.2) is 12.1 Å². The van der Waals surface area contributed by atoms with Crippen molar-refractivity contribution < 1.29 is 0 Å². The first kappa shape index (κ1) is 9.78. The van der Waals surface area contributed by atoms with Gasteiger partial charge in [0.05, 0.1) is 10.7 Å². The minimum Gasteiger partial charge on any atom is -0.312 e. The highest BCUT2D eigenvalue weighted by Gasteiger charge is 2.09. The minimum atomic E-state index is 0.121. The van der Waals surface area contributed by atoms with Crippen molar-refractivity contribution in [2.75, 3.05) is 7.05 Å². The van der Waals surface area contributed by atoms with Crippen molar-refractivity contribution in [1.29, 1.82) is 0 Å². The van der Waals surface area contributed by atoms with Crippen molar-refractivity contribution in [3.63, 3.8) is 0 Å². The Balaban J connectivity index is 3.04. The van der Waals surface area contributed by atoms with Gasteiger partial charge in [-0.3, -0.25) is 0 Å². The molecular formula is C8H10Cl2N2. The van der Waals surface area contributed by atoms with Crippen LogP contribution in [-0.2, 0) is 0 Å². The minimum absolute atomic E-state index is 0.121. The molecule has 66 valence electrons. The van der Waals surface area contributed by atoms with Gasteiger partial charge in [0, 0.05) is 6.04 Å². The van der Waals surface area contributed by atoms with E-state index in [-0.39, 0.29) is 6.04 Å². The van der Waals surface area contributed by atoms with Crippen molar-refractivity contribution in [3.05, 3.63) is 28.0 Å². The van der Waals surface area contributed by atoms with E-state index in [2.05, 4.69) is 10.3 Å². The summed E-state index contributed by atoms with van der Waals surface area (Å²) >= 11 is 11.6. The smallest absolute Gasteiger partial charge is 0.129 e. The van der Waals surface area contributed by atoms with E-state index in [9.17, 15) is 0 Å². The molecule has 1 aromatic heterocycles. The first-order chi connectivity index (χ1) is 5.65. The second-order valence-electron chi connectivity index (χ2n) is 2.51. The lowest BCUT2D eigenvalue weighted by Crippen LogP contribution is -2.14. The van der Waals surface area contributed by atoms with Crippen LogP contribution in [0.2, 0.25) is 10.2 Å². The zero-order valence-corrected chi connectivity index (χ0v) is 8.45. The van der Waals surface area contributed by atoms with E-state index >= 15 is 0 Å². The van der Waals surface area contributed by atoms with Crippen molar-refractivity contribution in [1.82, 2.24) is 10.3 Å². The SMILES string of the molecule is CN[C@@H](C)c1nc(Cl)ccc1Cl. The lowest BCUT2D eigenvalue weighted by molar-refractivity contribution is 0.633. The maximum Gasteiger partial charge on any atom is 0.129 e. The molecular weight excluding hydrogens is 195 g/mol. The molecule has 0 unspecified atom stereocenters. The summed E-state index contributed by atoms with van der Waals surface area (Å²) < 4.78 is 0. The molecule has 0 saturated heterocycles. The molecule has 0 bridgehead atoms. The van der Waals surface area contributed by atoms with Crippen molar-refractivity contribution in [2.45, 2.75) is 13.0 Å². The molecule has 0 radical (unpaired) electrons. The van der Waals surface area contributed by atoms with Crippen LogP contribution in [0.4, 0.5) is 0 Å². The molecule has 1 heterocycles. The van der Waals surface area contributed by atoms with Crippen LogP contribution in [0.25, 0.3) is 0 Å². The number of nitrogens with one attached hydrogen (secondary N) is 1. The summed E-state index contributed by atoms with van der Waals surface area (Å²) in [5, 5.41) is 4.15. The number of nitrogens with zero attached hydrogens (tertiary/aromatic N) is 1. The Morgan fingerprint density at radius 1 is 1.42 bits per heavy atom. The molecule has 0 aliphatic carbocycles. The predicted molar refractivity (Wildman–Crippen MR) is 51.7 cm³/mol. The van der Waals surface area contributed by atoms with E-state index in [1.807, 2.05) is 14.0 Å². The number of pyridine rings is 1. The Kier molecular flexibility index (Phi) is 3.32. The van der Waals surface area contributed by atoms with Gasteiger partial charge in [0.25, 0.3) is 0 Å². The number of halogens is 2. The summed E-state index contributed by atoms with van der Waals surface area (Å²) in [5.41, 5.74) is 0.784. The molecule has 2 nitrogen and oxygen atoms in total. The summed E-state index contributed by atoms with van der Waals surface area (Å²) in [7, 11) is 1.85. The summed E-state index contributed by atoms with van der Waals surface area (Å²) in [6, 6.07) is 3.55. The standard InChI is InChI=1S/C8H10Cl2N2/c1-5(11-2)8-6(9)3-4-7(10)12-8/h3-5,11H,1-2H3/t5-/m0/s1. The fraction of sp³-hybridized carbons (Fsp3) is 0.375. The van der Waals surface area contributed by atoms with Gasteiger partial charge in [-0.25, -0.2) is 4.98 Å². The largest absolute Gasteiger partial charge is 0.312 e. The van der Waals surface area contributed by atoms with E-state index < -0.39 is 0 Å². The van der Waals surface area contributed by atoms with Crippen LogP contribution in [0.5, 0.6) is 0 Å². The van der Waals surface area contributed by atoms with Gasteiger partial charge in [0.2, 0.25) is 0 Å². The van der Waals surface area contributed by atoms with E-state index in [4.69, 9.17) is 23.2 Å². The fourth-order valence-corrected chi connectivity index (χ4v) is 1.30. The van der Waals surface area contributed by atoms with E-state index in [1.165, 1.54) is 0 Å². The molecule has 0 amide bonds. The summed E-state index contributed by atoms with van der Waals surface area (Å²) in [5.74, 6) is 0. The molecule has 1 rings (SSSR count). The van der Waals surface area contributed by atoms with Gasteiger partial charge in [-0.15, -0.1) is 0 Å². The first-order valence-corrected chi connectivity index (χ1v) is 4.40. The second-order valence-corrected chi connectivity index (χ2v) is 3.31. The quantitative estimate of drug-likeness (QED) is 0.750. The van der Waals surface area contributed by atoms with Gasteiger partial charge in [-0.2, -0.15) is 0 Å². The summed E-state index contributed by atoms with van der Waals surface area (Å²) in [4.78, 5) is 4.11. The van der Waals surface area contributed by atoms with Gasteiger partial charge in [0.1, 0.15) is 5.15 Å². The number of aromatic nitrogens is 1. The van der Waals surface area contributed by atoms with Crippen molar-refractivity contribution >= 4 is 23.2 Å². The number of rotatable bonds is 2. The highest BCUT2D eigenvalue weighted by Crippen LogP contribution is 2.22. The van der Waals surface area contributed by atoms with Crippen LogP contribution in [0.3, 0.4) is 0 Å². The zero-order chi connectivity index (χ0) is 9.14. The van der Waals surface area contributed by atoms with Crippen LogP contribution in [-0.4, -0.2) is 12.0 Å². The lowest BCUT2D eigenvalue weighted by Gasteiger charge is -2.10. The van der Waals surface area contributed by atoms with Crippen LogP contribution in [0.1, 0.15) is 18.7 Å².